The third kappa shape index (κ3) is 4.86. The van der Waals surface area contributed by atoms with Crippen molar-refractivity contribution in [2.75, 3.05) is 57.9 Å². The standard InChI is InChI=1S/C28H32N4O4/c1-3-30-13-12-25-23(18-30)27(22-6-4-5-7-24(22)29-25)28(34)36-19-26(33)32-16-14-31(15-17-32)20-8-10-21(35-2)11-9-20/h4-11H,3,12-19H2,1-2H3. The number of benzene rings is 2. The van der Waals surface area contributed by atoms with Crippen LogP contribution in [0.25, 0.3) is 10.9 Å². The number of amides is 1. The van der Waals surface area contributed by atoms with E-state index in [2.05, 4.69) is 16.7 Å². The molecule has 1 amide bonds. The lowest BCUT2D eigenvalue weighted by molar-refractivity contribution is -0.134. The summed E-state index contributed by atoms with van der Waals surface area (Å²) >= 11 is 0. The average molecular weight is 489 g/mol. The molecule has 0 saturated carbocycles. The number of piperazine rings is 1. The number of methoxy groups -OCH3 is 1. The minimum Gasteiger partial charge on any atom is -0.497 e. The van der Waals surface area contributed by atoms with Gasteiger partial charge in [0, 0.05) is 68.0 Å². The number of hydrogen-bond donors (Lipinski definition) is 0. The van der Waals surface area contributed by atoms with Crippen molar-refractivity contribution in [1.29, 1.82) is 0 Å². The normalized spacial score (nSPS) is 16.1. The van der Waals surface area contributed by atoms with Crippen LogP contribution in [0.5, 0.6) is 5.75 Å². The summed E-state index contributed by atoms with van der Waals surface area (Å²) in [5.41, 5.74) is 4.31. The Hall–Kier alpha value is -3.65. The Kier molecular flexibility index (Phi) is 7.04. The van der Waals surface area contributed by atoms with E-state index >= 15 is 0 Å². The van der Waals surface area contributed by atoms with Gasteiger partial charge in [0.05, 0.1) is 18.2 Å². The summed E-state index contributed by atoms with van der Waals surface area (Å²) in [6, 6.07) is 15.6. The Morgan fingerprint density at radius 3 is 2.44 bits per heavy atom. The molecule has 0 atom stereocenters. The highest BCUT2D eigenvalue weighted by Gasteiger charge is 2.28. The smallest absolute Gasteiger partial charge is 0.339 e. The molecule has 36 heavy (non-hydrogen) atoms. The van der Waals surface area contributed by atoms with Crippen LogP contribution in [-0.2, 0) is 22.5 Å². The van der Waals surface area contributed by atoms with Gasteiger partial charge in [-0.3, -0.25) is 14.7 Å². The van der Waals surface area contributed by atoms with Crippen molar-refractivity contribution in [3.8, 4) is 5.75 Å². The average Bonchev–Trinajstić information content (AvgIpc) is 2.94. The maximum Gasteiger partial charge on any atom is 0.339 e. The van der Waals surface area contributed by atoms with Crippen LogP contribution in [0.4, 0.5) is 5.69 Å². The molecule has 3 aromatic rings. The molecule has 5 rings (SSSR count). The fraction of sp³-hybridized carbons (Fsp3) is 0.393. The molecule has 2 aromatic carbocycles. The topological polar surface area (TPSA) is 75.2 Å². The SMILES string of the molecule is CCN1CCc2nc3ccccc3c(C(=O)OCC(=O)N3CCN(c4ccc(OC)cc4)CC3)c2C1. The van der Waals surface area contributed by atoms with Crippen LogP contribution in [0.2, 0.25) is 0 Å². The lowest BCUT2D eigenvalue weighted by atomic mass is 9.96. The molecular weight excluding hydrogens is 456 g/mol. The number of aromatic nitrogens is 1. The van der Waals surface area contributed by atoms with Gasteiger partial charge in [-0.15, -0.1) is 0 Å². The van der Waals surface area contributed by atoms with Crippen molar-refractivity contribution >= 4 is 28.5 Å². The van der Waals surface area contributed by atoms with Crippen LogP contribution >= 0.6 is 0 Å². The van der Waals surface area contributed by atoms with E-state index in [0.717, 1.165) is 66.2 Å². The van der Waals surface area contributed by atoms with Gasteiger partial charge in [-0.1, -0.05) is 25.1 Å². The number of para-hydroxylation sites is 1. The maximum atomic E-state index is 13.3. The number of nitrogens with zero attached hydrogens (tertiary/aromatic N) is 4. The zero-order valence-electron chi connectivity index (χ0n) is 20.9. The van der Waals surface area contributed by atoms with Gasteiger partial charge in [0.15, 0.2) is 6.61 Å². The molecule has 1 saturated heterocycles. The summed E-state index contributed by atoms with van der Waals surface area (Å²) in [4.78, 5) is 37.4. The largest absolute Gasteiger partial charge is 0.497 e. The Morgan fingerprint density at radius 1 is 0.972 bits per heavy atom. The third-order valence-corrected chi connectivity index (χ3v) is 7.17. The number of ether oxygens (including phenoxy) is 2. The first kappa shape index (κ1) is 24.1. The van der Waals surface area contributed by atoms with E-state index in [1.54, 1.807) is 12.0 Å². The summed E-state index contributed by atoms with van der Waals surface area (Å²) in [7, 11) is 1.65. The van der Waals surface area contributed by atoms with Gasteiger partial charge in [0.1, 0.15) is 5.75 Å². The van der Waals surface area contributed by atoms with Gasteiger partial charge >= 0.3 is 5.97 Å². The van der Waals surface area contributed by atoms with E-state index in [1.807, 2.05) is 48.5 Å². The molecule has 1 aromatic heterocycles. The third-order valence-electron chi connectivity index (χ3n) is 7.17. The minimum absolute atomic E-state index is 0.167. The number of fused-ring (bicyclic) bond motifs is 2. The van der Waals surface area contributed by atoms with Crippen molar-refractivity contribution < 1.29 is 19.1 Å². The number of anilines is 1. The van der Waals surface area contributed by atoms with E-state index in [0.29, 0.717) is 25.2 Å². The summed E-state index contributed by atoms with van der Waals surface area (Å²) < 4.78 is 10.8. The van der Waals surface area contributed by atoms with Gasteiger partial charge in [-0.05, 0) is 36.9 Å². The van der Waals surface area contributed by atoms with Crippen molar-refractivity contribution in [1.82, 2.24) is 14.8 Å². The van der Waals surface area contributed by atoms with Gasteiger partial charge in [-0.25, -0.2) is 4.79 Å². The highest BCUT2D eigenvalue weighted by molar-refractivity contribution is 6.05. The van der Waals surface area contributed by atoms with Crippen LogP contribution in [0, 0.1) is 0 Å². The summed E-state index contributed by atoms with van der Waals surface area (Å²) in [5, 5.41) is 0.778. The van der Waals surface area contributed by atoms with E-state index in [4.69, 9.17) is 14.5 Å². The Labute approximate surface area is 211 Å². The van der Waals surface area contributed by atoms with Crippen LogP contribution < -0.4 is 9.64 Å². The fourth-order valence-corrected chi connectivity index (χ4v) is 5.05. The number of hydrogen-bond acceptors (Lipinski definition) is 7. The number of carbonyl (C=O) groups excluding carboxylic acids is 2. The Morgan fingerprint density at radius 2 is 1.72 bits per heavy atom. The number of pyridine rings is 1. The molecule has 0 aliphatic carbocycles. The first-order chi connectivity index (χ1) is 17.6. The van der Waals surface area contributed by atoms with Gasteiger partial charge in [0.25, 0.3) is 5.91 Å². The van der Waals surface area contributed by atoms with Gasteiger partial charge in [-0.2, -0.15) is 0 Å². The summed E-state index contributed by atoms with van der Waals surface area (Å²) in [6.45, 7) is 6.96. The molecule has 2 aliphatic heterocycles. The molecule has 8 heteroatoms. The number of likely N-dealkylation sites (N-methyl/N-ethyl adjacent to an activating group) is 1. The molecule has 0 unspecified atom stereocenters. The quantitative estimate of drug-likeness (QED) is 0.494. The number of esters is 1. The number of carbonyl (C=O) groups is 2. The van der Waals surface area contributed by atoms with Crippen molar-refractivity contribution in [2.45, 2.75) is 19.9 Å². The van der Waals surface area contributed by atoms with Crippen molar-refractivity contribution in [3.63, 3.8) is 0 Å². The summed E-state index contributed by atoms with van der Waals surface area (Å²) in [5.74, 6) is 0.202. The van der Waals surface area contributed by atoms with E-state index in [9.17, 15) is 9.59 Å². The predicted molar refractivity (Wildman–Crippen MR) is 138 cm³/mol. The van der Waals surface area contributed by atoms with Crippen LogP contribution in [0.3, 0.4) is 0 Å². The molecule has 0 N–H and O–H groups in total. The molecule has 3 heterocycles. The highest BCUT2D eigenvalue weighted by Crippen LogP contribution is 2.29. The maximum absolute atomic E-state index is 13.3. The van der Waals surface area contributed by atoms with E-state index < -0.39 is 5.97 Å². The van der Waals surface area contributed by atoms with E-state index in [1.165, 1.54) is 0 Å². The second kappa shape index (κ2) is 10.5. The van der Waals surface area contributed by atoms with Gasteiger partial charge < -0.3 is 19.3 Å². The molecular formula is C28H32N4O4. The van der Waals surface area contributed by atoms with Gasteiger partial charge in [0.2, 0.25) is 0 Å². The fourth-order valence-electron chi connectivity index (χ4n) is 5.05. The first-order valence-electron chi connectivity index (χ1n) is 12.5. The molecule has 2 aliphatic rings. The minimum atomic E-state index is -0.451. The van der Waals surface area contributed by atoms with Crippen LogP contribution in [0.1, 0.15) is 28.5 Å². The molecule has 8 nitrogen and oxygen atoms in total. The molecule has 1 fully saturated rings. The Balaban J connectivity index is 1.25. The first-order valence-corrected chi connectivity index (χ1v) is 12.5. The molecule has 0 spiro atoms. The Bertz CT molecular complexity index is 1250. The van der Waals surface area contributed by atoms with Crippen LogP contribution in [0.15, 0.2) is 48.5 Å². The van der Waals surface area contributed by atoms with Crippen LogP contribution in [-0.4, -0.2) is 79.6 Å². The zero-order valence-corrected chi connectivity index (χ0v) is 20.9. The molecule has 188 valence electrons. The predicted octanol–water partition coefficient (Wildman–Crippen LogP) is 3.13. The summed E-state index contributed by atoms with van der Waals surface area (Å²) in [6.07, 6.45) is 0.797. The monoisotopic (exact) mass is 488 g/mol. The lowest BCUT2D eigenvalue weighted by Crippen LogP contribution is -2.49. The second-order valence-corrected chi connectivity index (χ2v) is 9.19. The highest BCUT2D eigenvalue weighted by atomic mass is 16.5. The second-order valence-electron chi connectivity index (χ2n) is 9.19. The molecule has 0 radical (unpaired) electrons. The van der Waals surface area contributed by atoms with E-state index in [-0.39, 0.29) is 12.5 Å². The number of rotatable bonds is 6. The van der Waals surface area contributed by atoms with Crippen molar-refractivity contribution in [2.24, 2.45) is 0 Å². The van der Waals surface area contributed by atoms with Crippen molar-refractivity contribution in [3.05, 3.63) is 65.4 Å². The lowest BCUT2D eigenvalue weighted by Gasteiger charge is -2.36. The molecule has 0 bridgehead atoms. The zero-order chi connectivity index (χ0) is 25.1.